The van der Waals surface area contributed by atoms with Gasteiger partial charge in [-0.1, -0.05) is 31.9 Å². The second-order valence-electron chi connectivity index (χ2n) is 4.01. The van der Waals surface area contributed by atoms with Crippen molar-refractivity contribution in [3.8, 4) is 0 Å². The second-order valence-corrected chi connectivity index (χ2v) is 4.01. The molecule has 0 saturated carbocycles. The van der Waals surface area contributed by atoms with Crippen molar-refractivity contribution >= 4 is 0 Å². The summed E-state index contributed by atoms with van der Waals surface area (Å²) in [6.07, 6.45) is 8.19. The largest absolute Gasteiger partial charge is 0.396 e. The molecule has 0 bridgehead atoms. The molecule has 0 aliphatic carbocycles. The Morgan fingerprint density at radius 3 is 2.69 bits per heavy atom. The van der Waals surface area contributed by atoms with Gasteiger partial charge in [0.1, 0.15) is 0 Å². The van der Waals surface area contributed by atoms with E-state index < -0.39 is 0 Å². The molecule has 0 aromatic carbocycles. The first kappa shape index (κ1) is 12.7. The lowest BCUT2D eigenvalue weighted by Crippen LogP contribution is -1.96. The lowest BCUT2D eigenvalue weighted by atomic mass is 10.0. The first-order chi connectivity index (χ1) is 6.20. The van der Waals surface area contributed by atoms with Crippen molar-refractivity contribution in [2.24, 2.45) is 5.92 Å². The van der Waals surface area contributed by atoms with Gasteiger partial charge in [-0.25, -0.2) is 0 Å². The molecule has 0 spiro atoms. The first-order valence-electron chi connectivity index (χ1n) is 5.47. The molecule has 0 saturated heterocycles. The molecule has 0 aromatic rings. The van der Waals surface area contributed by atoms with E-state index in [9.17, 15) is 0 Å². The number of hydrogen-bond donors (Lipinski definition) is 1. The molecule has 1 atom stereocenters. The van der Waals surface area contributed by atoms with Crippen molar-refractivity contribution < 1.29 is 5.11 Å². The molecule has 0 rings (SSSR count). The van der Waals surface area contributed by atoms with Gasteiger partial charge in [0.2, 0.25) is 0 Å². The summed E-state index contributed by atoms with van der Waals surface area (Å²) in [6.45, 7) is 6.95. The van der Waals surface area contributed by atoms with Gasteiger partial charge >= 0.3 is 0 Å². The Morgan fingerprint density at radius 2 is 2.15 bits per heavy atom. The summed E-state index contributed by atoms with van der Waals surface area (Å²) in [4.78, 5) is 0. The monoisotopic (exact) mass is 184 g/mol. The third-order valence-corrected chi connectivity index (χ3v) is 2.42. The number of aliphatic hydroxyl groups excluding tert-OH is 1. The van der Waals surface area contributed by atoms with Crippen LogP contribution in [0.5, 0.6) is 0 Å². The summed E-state index contributed by atoms with van der Waals surface area (Å²) in [7, 11) is 0. The van der Waals surface area contributed by atoms with Crippen molar-refractivity contribution in [3.63, 3.8) is 0 Å². The van der Waals surface area contributed by atoms with Crippen LogP contribution in [-0.2, 0) is 0 Å². The zero-order valence-electron chi connectivity index (χ0n) is 9.34. The summed E-state index contributed by atoms with van der Waals surface area (Å²) < 4.78 is 0. The fourth-order valence-electron chi connectivity index (χ4n) is 1.30. The number of allylic oxidation sites excluding steroid dienone is 2. The van der Waals surface area contributed by atoms with Crippen LogP contribution in [0.4, 0.5) is 0 Å². The third-order valence-electron chi connectivity index (χ3n) is 2.42. The topological polar surface area (TPSA) is 20.2 Å². The quantitative estimate of drug-likeness (QED) is 0.600. The molecule has 1 nitrogen and oxygen atoms in total. The Bertz CT molecular complexity index is 138. The maximum absolute atomic E-state index is 8.72. The molecule has 13 heavy (non-hydrogen) atoms. The van der Waals surface area contributed by atoms with Crippen LogP contribution in [0, 0.1) is 5.92 Å². The van der Waals surface area contributed by atoms with Gasteiger partial charge < -0.3 is 5.11 Å². The highest BCUT2D eigenvalue weighted by atomic mass is 16.2. The van der Waals surface area contributed by atoms with Crippen molar-refractivity contribution in [2.75, 3.05) is 6.61 Å². The van der Waals surface area contributed by atoms with Crippen LogP contribution in [0.15, 0.2) is 11.6 Å². The van der Waals surface area contributed by atoms with Gasteiger partial charge in [0.05, 0.1) is 0 Å². The predicted octanol–water partition coefficient (Wildman–Crippen LogP) is 3.53. The van der Waals surface area contributed by atoms with E-state index in [1.165, 1.54) is 24.8 Å². The minimum absolute atomic E-state index is 0.322. The minimum Gasteiger partial charge on any atom is -0.396 e. The number of hydrogen-bond acceptors (Lipinski definition) is 1. The van der Waals surface area contributed by atoms with Gasteiger partial charge in [0.25, 0.3) is 0 Å². The molecule has 0 radical (unpaired) electrons. The molecule has 0 aromatic heterocycles. The molecular formula is C12H24O. The smallest absolute Gasteiger partial charge is 0.0433 e. The SMILES string of the molecule is CCCCC(C)=CCC(C)CCO. The molecule has 78 valence electrons. The minimum atomic E-state index is 0.322. The highest BCUT2D eigenvalue weighted by molar-refractivity contribution is 4.98. The lowest BCUT2D eigenvalue weighted by molar-refractivity contribution is 0.263. The molecule has 0 aliphatic heterocycles. The summed E-state index contributed by atoms with van der Waals surface area (Å²) >= 11 is 0. The highest BCUT2D eigenvalue weighted by Gasteiger charge is 1.98. The van der Waals surface area contributed by atoms with Gasteiger partial charge in [-0.05, 0) is 38.5 Å². The molecule has 0 aliphatic rings. The average Bonchev–Trinajstić information content (AvgIpc) is 2.12. The molecule has 1 unspecified atom stereocenters. The van der Waals surface area contributed by atoms with Crippen LogP contribution in [0.3, 0.4) is 0 Å². The van der Waals surface area contributed by atoms with E-state index >= 15 is 0 Å². The Hall–Kier alpha value is -0.300. The Kier molecular flexibility index (Phi) is 8.11. The van der Waals surface area contributed by atoms with Crippen molar-refractivity contribution in [1.82, 2.24) is 0 Å². The third kappa shape index (κ3) is 8.04. The van der Waals surface area contributed by atoms with Gasteiger partial charge in [-0.3, -0.25) is 0 Å². The van der Waals surface area contributed by atoms with E-state index in [-0.39, 0.29) is 0 Å². The average molecular weight is 184 g/mol. The molecule has 1 heteroatoms. The summed E-state index contributed by atoms with van der Waals surface area (Å²) in [5.41, 5.74) is 1.51. The van der Waals surface area contributed by atoms with E-state index in [1.807, 2.05) is 0 Å². The maximum atomic E-state index is 8.72. The van der Waals surface area contributed by atoms with Crippen LogP contribution in [0.2, 0.25) is 0 Å². The molecular weight excluding hydrogens is 160 g/mol. The second kappa shape index (κ2) is 8.31. The van der Waals surface area contributed by atoms with E-state index in [0.717, 1.165) is 12.8 Å². The summed E-state index contributed by atoms with van der Waals surface area (Å²) in [5.74, 6) is 0.626. The molecule has 0 fully saturated rings. The lowest BCUT2D eigenvalue weighted by Gasteiger charge is -2.06. The van der Waals surface area contributed by atoms with E-state index in [1.54, 1.807) is 0 Å². The fourth-order valence-corrected chi connectivity index (χ4v) is 1.30. The Morgan fingerprint density at radius 1 is 1.46 bits per heavy atom. The summed E-state index contributed by atoms with van der Waals surface area (Å²) in [5, 5.41) is 8.72. The summed E-state index contributed by atoms with van der Waals surface area (Å²) in [6, 6.07) is 0. The van der Waals surface area contributed by atoms with Gasteiger partial charge in [-0.2, -0.15) is 0 Å². The highest BCUT2D eigenvalue weighted by Crippen LogP contribution is 2.12. The number of aliphatic hydroxyl groups is 1. The van der Waals surface area contributed by atoms with Crippen LogP contribution in [0.25, 0.3) is 0 Å². The van der Waals surface area contributed by atoms with Crippen molar-refractivity contribution in [2.45, 2.75) is 52.9 Å². The van der Waals surface area contributed by atoms with Gasteiger partial charge in [0.15, 0.2) is 0 Å². The predicted molar refractivity (Wildman–Crippen MR) is 58.8 cm³/mol. The number of unbranched alkanes of at least 4 members (excludes halogenated alkanes) is 1. The van der Waals surface area contributed by atoms with Crippen LogP contribution in [-0.4, -0.2) is 11.7 Å². The van der Waals surface area contributed by atoms with Crippen LogP contribution < -0.4 is 0 Å². The number of rotatable bonds is 7. The van der Waals surface area contributed by atoms with Crippen molar-refractivity contribution in [1.29, 1.82) is 0 Å². The normalized spacial score (nSPS) is 14.6. The first-order valence-corrected chi connectivity index (χ1v) is 5.47. The molecule has 0 amide bonds. The van der Waals surface area contributed by atoms with E-state index in [2.05, 4.69) is 26.8 Å². The molecule has 0 heterocycles. The van der Waals surface area contributed by atoms with Gasteiger partial charge in [0, 0.05) is 6.61 Å². The van der Waals surface area contributed by atoms with Crippen LogP contribution >= 0.6 is 0 Å². The fraction of sp³-hybridized carbons (Fsp3) is 0.833. The van der Waals surface area contributed by atoms with Gasteiger partial charge in [-0.15, -0.1) is 0 Å². The van der Waals surface area contributed by atoms with Crippen LogP contribution in [0.1, 0.15) is 52.9 Å². The van der Waals surface area contributed by atoms with Crippen molar-refractivity contribution in [3.05, 3.63) is 11.6 Å². The Labute approximate surface area is 82.9 Å². The Balaban J connectivity index is 3.56. The molecule has 1 N–H and O–H groups in total. The standard InChI is InChI=1S/C12H24O/c1-4-5-6-11(2)7-8-12(3)9-10-13/h7,12-13H,4-6,8-10H2,1-3H3. The zero-order chi connectivity index (χ0) is 10.1. The zero-order valence-corrected chi connectivity index (χ0v) is 9.34. The van der Waals surface area contributed by atoms with E-state index in [0.29, 0.717) is 12.5 Å². The van der Waals surface area contributed by atoms with E-state index in [4.69, 9.17) is 5.11 Å². The maximum Gasteiger partial charge on any atom is 0.0433 e.